The fourth-order valence-corrected chi connectivity index (χ4v) is 1.99. The first kappa shape index (κ1) is 13.5. The second-order valence-corrected chi connectivity index (χ2v) is 4.70. The zero-order valence-corrected chi connectivity index (χ0v) is 10.9. The van der Waals surface area contributed by atoms with Crippen LogP contribution in [0.1, 0.15) is 30.9 Å². The van der Waals surface area contributed by atoms with E-state index in [2.05, 4.69) is 12.2 Å². The molecular formula is C13H19ClFN. The smallest absolute Gasteiger partial charge is 0.144 e. The fourth-order valence-electron chi connectivity index (χ4n) is 1.70. The lowest BCUT2D eigenvalue weighted by Gasteiger charge is -2.10. The lowest BCUT2D eigenvalue weighted by Crippen LogP contribution is -2.20. The summed E-state index contributed by atoms with van der Waals surface area (Å²) in [4.78, 5) is 0. The Hall–Kier alpha value is -0.600. The van der Waals surface area contributed by atoms with Crippen LogP contribution in [0.2, 0.25) is 5.02 Å². The minimum absolute atomic E-state index is 0.233. The Kier molecular flexibility index (Phi) is 5.23. The first-order valence-electron chi connectivity index (χ1n) is 5.66. The van der Waals surface area contributed by atoms with Crippen LogP contribution in [0.4, 0.5) is 4.39 Å². The van der Waals surface area contributed by atoms with Crippen LogP contribution in [0.5, 0.6) is 0 Å². The van der Waals surface area contributed by atoms with Crippen molar-refractivity contribution in [1.29, 1.82) is 0 Å². The Labute approximate surface area is 102 Å². The van der Waals surface area contributed by atoms with Crippen LogP contribution in [0.3, 0.4) is 0 Å². The van der Waals surface area contributed by atoms with E-state index in [0.29, 0.717) is 11.6 Å². The van der Waals surface area contributed by atoms with Gasteiger partial charge in [-0.05, 0) is 57.4 Å². The molecule has 0 spiro atoms. The zero-order valence-electron chi connectivity index (χ0n) is 10.1. The van der Waals surface area contributed by atoms with Gasteiger partial charge in [0.25, 0.3) is 0 Å². The van der Waals surface area contributed by atoms with Gasteiger partial charge in [0, 0.05) is 6.04 Å². The van der Waals surface area contributed by atoms with E-state index in [9.17, 15) is 4.39 Å². The Balaban J connectivity index is 2.55. The van der Waals surface area contributed by atoms with E-state index in [4.69, 9.17) is 11.6 Å². The van der Waals surface area contributed by atoms with Crippen molar-refractivity contribution in [2.75, 3.05) is 7.05 Å². The number of nitrogens with one attached hydrogen (secondary N) is 1. The average Bonchev–Trinajstić information content (AvgIpc) is 2.25. The number of halogens is 2. The molecule has 0 fully saturated rings. The molecule has 0 bridgehead atoms. The Morgan fingerprint density at radius 3 is 2.69 bits per heavy atom. The van der Waals surface area contributed by atoms with Gasteiger partial charge in [0.05, 0.1) is 5.02 Å². The normalized spacial score (nSPS) is 12.8. The van der Waals surface area contributed by atoms with Gasteiger partial charge in [-0.2, -0.15) is 0 Å². The number of benzene rings is 1. The van der Waals surface area contributed by atoms with E-state index in [1.54, 1.807) is 13.0 Å². The molecule has 16 heavy (non-hydrogen) atoms. The second-order valence-electron chi connectivity index (χ2n) is 4.29. The van der Waals surface area contributed by atoms with E-state index in [0.717, 1.165) is 24.8 Å². The summed E-state index contributed by atoms with van der Waals surface area (Å²) in [5.74, 6) is -0.297. The summed E-state index contributed by atoms with van der Waals surface area (Å²) in [7, 11) is 1.96. The molecule has 0 saturated carbocycles. The zero-order chi connectivity index (χ0) is 12.1. The molecular weight excluding hydrogens is 225 g/mol. The number of hydrogen-bond donors (Lipinski definition) is 1. The molecule has 0 aliphatic carbocycles. The Morgan fingerprint density at radius 2 is 2.12 bits per heavy atom. The van der Waals surface area contributed by atoms with Crippen LogP contribution >= 0.6 is 11.6 Å². The molecule has 0 saturated heterocycles. The third-order valence-electron chi connectivity index (χ3n) is 2.87. The standard InChI is InChI=1S/C13H19ClFN/c1-9-7-11(8-12(14)13(9)15)6-4-5-10(2)16-3/h7-8,10,16H,4-6H2,1-3H3. The lowest BCUT2D eigenvalue weighted by atomic mass is 10.0. The van der Waals surface area contributed by atoms with E-state index >= 15 is 0 Å². The molecule has 1 atom stereocenters. The van der Waals surface area contributed by atoms with Gasteiger partial charge in [0.1, 0.15) is 5.82 Å². The molecule has 0 aliphatic heterocycles. The van der Waals surface area contributed by atoms with Gasteiger partial charge in [-0.1, -0.05) is 17.7 Å². The molecule has 0 heterocycles. The maximum Gasteiger partial charge on any atom is 0.144 e. The maximum atomic E-state index is 13.3. The number of hydrogen-bond acceptors (Lipinski definition) is 1. The third kappa shape index (κ3) is 3.76. The van der Waals surface area contributed by atoms with Crippen molar-refractivity contribution in [1.82, 2.24) is 5.32 Å². The minimum Gasteiger partial charge on any atom is -0.317 e. The summed E-state index contributed by atoms with van der Waals surface area (Å²) in [6, 6.07) is 4.14. The summed E-state index contributed by atoms with van der Waals surface area (Å²) in [6.07, 6.45) is 3.15. The third-order valence-corrected chi connectivity index (χ3v) is 3.14. The quantitative estimate of drug-likeness (QED) is 0.831. The summed E-state index contributed by atoms with van der Waals surface area (Å²) >= 11 is 5.80. The van der Waals surface area contributed by atoms with Crippen LogP contribution < -0.4 is 5.32 Å². The minimum atomic E-state index is -0.297. The van der Waals surface area contributed by atoms with Gasteiger partial charge in [0.2, 0.25) is 0 Å². The van der Waals surface area contributed by atoms with Crippen LogP contribution in [0.25, 0.3) is 0 Å². The van der Waals surface area contributed by atoms with Crippen molar-refractivity contribution in [3.63, 3.8) is 0 Å². The SMILES string of the molecule is CNC(C)CCCc1cc(C)c(F)c(Cl)c1. The average molecular weight is 244 g/mol. The summed E-state index contributed by atoms with van der Waals surface area (Å²) in [5, 5.41) is 3.43. The first-order valence-corrected chi connectivity index (χ1v) is 6.04. The summed E-state index contributed by atoms with van der Waals surface area (Å²) < 4.78 is 13.3. The highest BCUT2D eigenvalue weighted by Gasteiger charge is 2.06. The molecule has 1 N–H and O–H groups in total. The molecule has 3 heteroatoms. The largest absolute Gasteiger partial charge is 0.317 e. The molecule has 0 amide bonds. The van der Waals surface area contributed by atoms with Crippen molar-refractivity contribution >= 4 is 11.6 Å². The van der Waals surface area contributed by atoms with E-state index in [1.807, 2.05) is 13.1 Å². The van der Waals surface area contributed by atoms with Gasteiger partial charge in [-0.3, -0.25) is 0 Å². The second kappa shape index (κ2) is 6.21. The predicted octanol–water partition coefficient (Wildman–Crippen LogP) is 3.72. The highest BCUT2D eigenvalue weighted by molar-refractivity contribution is 6.30. The molecule has 90 valence electrons. The van der Waals surface area contributed by atoms with Gasteiger partial charge in [-0.15, -0.1) is 0 Å². The van der Waals surface area contributed by atoms with Crippen LogP contribution in [-0.4, -0.2) is 13.1 Å². The van der Waals surface area contributed by atoms with Gasteiger partial charge in [-0.25, -0.2) is 4.39 Å². The van der Waals surface area contributed by atoms with Gasteiger partial charge >= 0.3 is 0 Å². The summed E-state index contributed by atoms with van der Waals surface area (Å²) in [6.45, 7) is 3.91. The van der Waals surface area contributed by atoms with Crippen molar-refractivity contribution in [2.45, 2.75) is 39.2 Å². The highest BCUT2D eigenvalue weighted by atomic mass is 35.5. The van der Waals surface area contributed by atoms with Crippen LogP contribution in [-0.2, 0) is 6.42 Å². The molecule has 0 radical (unpaired) electrons. The van der Waals surface area contributed by atoms with Gasteiger partial charge in [0.15, 0.2) is 0 Å². The topological polar surface area (TPSA) is 12.0 Å². The van der Waals surface area contributed by atoms with Gasteiger partial charge < -0.3 is 5.32 Å². The maximum absolute atomic E-state index is 13.3. The molecule has 1 aromatic rings. The fraction of sp³-hybridized carbons (Fsp3) is 0.538. The Morgan fingerprint density at radius 1 is 1.44 bits per heavy atom. The van der Waals surface area contributed by atoms with E-state index in [1.165, 1.54) is 0 Å². The lowest BCUT2D eigenvalue weighted by molar-refractivity contribution is 0.541. The van der Waals surface area contributed by atoms with Crippen molar-refractivity contribution in [2.24, 2.45) is 0 Å². The van der Waals surface area contributed by atoms with Crippen molar-refractivity contribution in [3.05, 3.63) is 34.1 Å². The molecule has 0 aromatic heterocycles. The molecule has 1 rings (SSSR count). The first-order chi connectivity index (χ1) is 7.54. The monoisotopic (exact) mass is 243 g/mol. The molecule has 1 unspecified atom stereocenters. The molecule has 0 aliphatic rings. The van der Waals surface area contributed by atoms with E-state index in [-0.39, 0.29) is 10.8 Å². The highest BCUT2D eigenvalue weighted by Crippen LogP contribution is 2.21. The summed E-state index contributed by atoms with van der Waals surface area (Å²) in [5.41, 5.74) is 1.75. The number of aryl methyl sites for hydroxylation is 2. The van der Waals surface area contributed by atoms with Crippen molar-refractivity contribution < 1.29 is 4.39 Å². The Bertz CT molecular complexity index is 329. The predicted molar refractivity (Wildman–Crippen MR) is 67.6 cm³/mol. The van der Waals surface area contributed by atoms with Crippen LogP contribution in [0, 0.1) is 12.7 Å². The number of rotatable bonds is 5. The van der Waals surface area contributed by atoms with Crippen LogP contribution in [0.15, 0.2) is 12.1 Å². The molecule has 1 aromatic carbocycles. The van der Waals surface area contributed by atoms with E-state index < -0.39 is 0 Å². The van der Waals surface area contributed by atoms with Crippen molar-refractivity contribution in [3.8, 4) is 0 Å². The molecule has 1 nitrogen and oxygen atoms in total.